The number of nitro benzene ring substituents is 1. The van der Waals surface area contributed by atoms with Crippen LogP contribution in [0.5, 0.6) is 0 Å². The average Bonchev–Trinajstić information content (AvgIpc) is 2.54. The van der Waals surface area contributed by atoms with E-state index in [0.29, 0.717) is 5.56 Å². The number of nitro groups is 1. The predicted octanol–water partition coefficient (Wildman–Crippen LogP) is 2.47. The summed E-state index contributed by atoms with van der Waals surface area (Å²) in [6, 6.07) is 13.6. The number of carbonyl (C=O) groups is 1. The fourth-order valence-electron chi connectivity index (χ4n) is 1.79. The van der Waals surface area contributed by atoms with Crippen LogP contribution >= 0.6 is 0 Å². The molecule has 2 aromatic rings. The van der Waals surface area contributed by atoms with E-state index in [2.05, 4.69) is 15.8 Å². The fourth-order valence-corrected chi connectivity index (χ4v) is 1.79. The maximum absolute atomic E-state index is 11.7. The summed E-state index contributed by atoms with van der Waals surface area (Å²) in [5, 5.41) is 17.4. The molecule has 1 amide bonds. The minimum Gasteiger partial charge on any atom is -0.376 e. The summed E-state index contributed by atoms with van der Waals surface area (Å²) < 4.78 is 0. The third kappa shape index (κ3) is 5.24. The first kappa shape index (κ1) is 16.2. The average molecular weight is 312 g/mol. The molecule has 2 aromatic carbocycles. The highest BCUT2D eigenvalue weighted by Gasteiger charge is 2.04. The van der Waals surface area contributed by atoms with Crippen molar-refractivity contribution in [2.45, 2.75) is 6.92 Å². The quantitative estimate of drug-likeness (QED) is 0.486. The highest BCUT2D eigenvalue weighted by molar-refractivity contribution is 5.84. The van der Waals surface area contributed by atoms with E-state index in [-0.39, 0.29) is 18.1 Å². The van der Waals surface area contributed by atoms with E-state index in [1.54, 1.807) is 12.1 Å². The Labute approximate surface area is 133 Å². The van der Waals surface area contributed by atoms with Gasteiger partial charge in [-0.3, -0.25) is 14.9 Å². The molecule has 0 aliphatic rings. The molecule has 0 atom stereocenters. The van der Waals surface area contributed by atoms with E-state index in [1.165, 1.54) is 18.3 Å². The molecule has 0 fully saturated rings. The Balaban J connectivity index is 1.83. The Morgan fingerprint density at radius 3 is 2.70 bits per heavy atom. The van der Waals surface area contributed by atoms with Gasteiger partial charge in [0.1, 0.15) is 0 Å². The van der Waals surface area contributed by atoms with E-state index in [9.17, 15) is 14.9 Å². The molecule has 118 valence electrons. The second-order valence-corrected chi connectivity index (χ2v) is 4.86. The Hall–Kier alpha value is -3.22. The minimum atomic E-state index is -0.485. The molecule has 0 unspecified atom stereocenters. The minimum absolute atomic E-state index is 0.0266. The second-order valence-electron chi connectivity index (χ2n) is 4.86. The summed E-state index contributed by atoms with van der Waals surface area (Å²) in [4.78, 5) is 21.8. The number of hydrogen-bond donors (Lipinski definition) is 2. The molecule has 0 saturated heterocycles. The second kappa shape index (κ2) is 7.69. The lowest BCUT2D eigenvalue weighted by Gasteiger charge is -2.05. The molecule has 0 heterocycles. The van der Waals surface area contributed by atoms with Crippen LogP contribution in [0.15, 0.2) is 53.6 Å². The van der Waals surface area contributed by atoms with Crippen molar-refractivity contribution in [1.29, 1.82) is 0 Å². The fraction of sp³-hybridized carbons (Fsp3) is 0.125. The largest absolute Gasteiger partial charge is 0.376 e. The van der Waals surface area contributed by atoms with E-state index in [0.717, 1.165) is 11.3 Å². The summed E-state index contributed by atoms with van der Waals surface area (Å²) in [5.74, 6) is -0.313. The molecule has 0 aliphatic heterocycles. The van der Waals surface area contributed by atoms with Gasteiger partial charge in [0.25, 0.3) is 11.6 Å². The van der Waals surface area contributed by atoms with Crippen molar-refractivity contribution in [2.24, 2.45) is 5.10 Å². The molecule has 2 N–H and O–H groups in total. The maximum Gasteiger partial charge on any atom is 0.270 e. The first-order chi connectivity index (χ1) is 11.0. The highest BCUT2D eigenvalue weighted by Crippen LogP contribution is 2.11. The molecule has 7 nitrogen and oxygen atoms in total. The van der Waals surface area contributed by atoms with Gasteiger partial charge in [-0.05, 0) is 19.1 Å². The number of hydrogen-bond acceptors (Lipinski definition) is 5. The molecule has 2 rings (SSSR count). The van der Waals surface area contributed by atoms with Crippen molar-refractivity contribution in [3.63, 3.8) is 0 Å². The Morgan fingerprint density at radius 2 is 2.00 bits per heavy atom. The Kier molecular flexibility index (Phi) is 5.40. The molecule has 23 heavy (non-hydrogen) atoms. The van der Waals surface area contributed by atoms with Crippen molar-refractivity contribution in [1.82, 2.24) is 5.43 Å². The molecule has 0 bridgehead atoms. The molecule has 0 aromatic heterocycles. The predicted molar refractivity (Wildman–Crippen MR) is 88.5 cm³/mol. The van der Waals surface area contributed by atoms with Gasteiger partial charge in [0.15, 0.2) is 0 Å². The van der Waals surface area contributed by atoms with Crippen LogP contribution in [0.2, 0.25) is 0 Å². The number of non-ortho nitro benzene ring substituents is 1. The maximum atomic E-state index is 11.7. The molecule has 0 spiro atoms. The van der Waals surface area contributed by atoms with Gasteiger partial charge < -0.3 is 5.32 Å². The van der Waals surface area contributed by atoms with Gasteiger partial charge in [-0.2, -0.15) is 5.10 Å². The van der Waals surface area contributed by atoms with Crippen molar-refractivity contribution < 1.29 is 9.72 Å². The number of amides is 1. The zero-order chi connectivity index (χ0) is 16.7. The lowest BCUT2D eigenvalue weighted by molar-refractivity contribution is -0.384. The number of hydrazone groups is 1. The first-order valence-electron chi connectivity index (χ1n) is 6.91. The van der Waals surface area contributed by atoms with Crippen molar-refractivity contribution in [3.8, 4) is 0 Å². The number of benzene rings is 2. The number of anilines is 1. The molecule has 0 aliphatic carbocycles. The monoisotopic (exact) mass is 312 g/mol. The Morgan fingerprint density at radius 1 is 1.26 bits per heavy atom. The molecular formula is C16H16N4O3. The summed E-state index contributed by atoms with van der Waals surface area (Å²) in [6.07, 6.45) is 1.36. The lowest BCUT2D eigenvalue weighted by atomic mass is 10.2. The van der Waals surface area contributed by atoms with Gasteiger partial charge in [-0.1, -0.05) is 29.8 Å². The summed E-state index contributed by atoms with van der Waals surface area (Å²) >= 11 is 0. The molecular weight excluding hydrogens is 296 g/mol. The van der Waals surface area contributed by atoms with Gasteiger partial charge in [0.2, 0.25) is 0 Å². The number of aryl methyl sites for hydroxylation is 1. The van der Waals surface area contributed by atoms with Gasteiger partial charge in [0.05, 0.1) is 17.7 Å². The van der Waals surface area contributed by atoms with Gasteiger partial charge >= 0.3 is 0 Å². The van der Waals surface area contributed by atoms with E-state index < -0.39 is 4.92 Å². The molecule has 0 saturated carbocycles. The third-order valence-electron chi connectivity index (χ3n) is 2.99. The standard InChI is InChI=1S/C16H16N4O3/c1-12-5-7-14(8-6-12)17-11-16(21)19-18-10-13-3-2-4-15(9-13)20(22)23/h2-10,17H,11H2,1H3,(H,19,21)/b18-10+. The smallest absolute Gasteiger partial charge is 0.270 e. The third-order valence-corrected chi connectivity index (χ3v) is 2.99. The van der Waals surface area contributed by atoms with Crippen molar-refractivity contribution in [2.75, 3.05) is 11.9 Å². The summed E-state index contributed by atoms with van der Waals surface area (Å²) in [6.45, 7) is 2.06. The van der Waals surface area contributed by atoms with Crippen LogP contribution < -0.4 is 10.7 Å². The van der Waals surface area contributed by atoms with E-state index in [1.807, 2.05) is 31.2 Å². The number of rotatable bonds is 6. The van der Waals surface area contributed by atoms with E-state index in [4.69, 9.17) is 0 Å². The van der Waals surface area contributed by atoms with E-state index >= 15 is 0 Å². The van der Waals surface area contributed by atoms with Gasteiger partial charge in [-0.15, -0.1) is 0 Å². The zero-order valence-corrected chi connectivity index (χ0v) is 12.5. The summed E-state index contributed by atoms with van der Waals surface area (Å²) in [5.41, 5.74) is 4.85. The van der Waals surface area contributed by atoms with Crippen LogP contribution in [0.25, 0.3) is 0 Å². The number of nitrogens with zero attached hydrogens (tertiary/aromatic N) is 2. The van der Waals surface area contributed by atoms with Crippen LogP contribution in [0, 0.1) is 17.0 Å². The lowest BCUT2D eigenvalue weighted by Crippen LogP contribution is -2.25. The SMILES string of the molecule is Cc1ccc(NCC(=O)N/N=C/c2cccc([N+](=O)[O-])c2)cc1. The number of carbonyl (C=O) groups excluding carboxylic acids is 1. The van der Waals surface area contributed by atoms with Crippen LogP contribution in [0.3, 0.4) is 0 Å². The van der Waals surface area contributed by atoms with Crippen molar-refractivity contribution >= 4 is 23.5 Å². The normalized spacial score (nSPS) is 10.5. The van der Waals surface area contributed by atoms with Gasteiger partial charge in [0, 0.05) is 23.4 Å². The number of nitrogens with one attached hydrogen (secondary N) is 2. The topological polar surface area (TPSA) is 96.6 Å². The van der Waals surface area contributed by atoms with Crippen LogP contribution in [-0.4, -0.2) is 23.6 Å². The Bertz CT molecular complexity index is 726. The summed E-state index contributed by atoms with van der Waals surface area (Å²) in [7, 11) is 0. The van der Waals surface area contributed by atoms with Crippen LogP contribution in [0.1, 0.15) is 11.1 Å². The molecule has 0 radical (unpaired) electrons. The highest BCUT2D eigenvalue weighted by atomic mass is 16.6. The first-order valence-corrected chi connectivity index (χ1v) is 6.91. The van der Waals surface area contributed by atoms with Crippen LogP contribution in [-0.2, 0) is 4.79 Å². The van der Waals surface area contributed by atoms with Crippen LogP contribution in [0.4, 0.5) is 11.4 Å². The molecule has 7 heteroatoms. The van der Waals surface area contributed by atoms with Crippen molar-refractivity contribution in [3.05, 3.63) is 69.8 Å². The zero-order valence-electron chi connectivity index (χ0n) is 12.5. The van der Waals surface area contributed by atoms with Gasteiger partial charge in [-0.25, -0.2) is 5.43 Å².